The molecule has 2 atom stereocenters. The highest BCUT2D eigenvalue weighted by Gasteiger charge is 2.26. The van der Waals surface area contributed by atoms with Crippen LogP contribution in [0.3, 0.4) is 0 Å². The summed E-state index contributed by atoms with van der Waals surface area (Å²) in [5.41, 5.74) is 2.74. The van der Waals surface area contributed by atoms with Gasteiger partial charge < -0.3 is 10.1 Å². The molecule has 1 aromatic rings. The Balaban J connectivity index is 1.99. The topological polar surface area (TPSA) is 21.3 Å². The van der Waals surface area contributed by atoms with E-state index in [2.05, 4.69) is 44.3 Å². The first kappa shape index (κ1) is 14.9. The van der Waals surface area contributed by atoms with Crippen LogP contribution < -0.4 is 5.32 Å². The minimum Gasteiger partial charge on any atom is -0.380 e. The van der Waals surface area contributed by atoms with Gasteiger partial charge in [0.1, 0.15) is 0 Å². The molecule has 0 bridgehead atoms. The molecule has 106 valence electrons. The molecule has 1 aliphatic heterocycles. The summed E-state index contributed by atoms with van der Waals surface area (Å²) in [7, 11) is 0. The second kappa shape index (κ2) is 7.32. The van der Waals surface area contributed by atoms with Crippen molar-refractivity contribution < 1.29 is 4.74 Å². The quantitative estimate of drug-likeness (QED) is 0.890. The fourth-order valence-electron chi connectivity index (χ4n) is 2.35. The van der Waals surface area contributed by atoms with Crippen molar-refractivity contribution in [2.24, 2.45) is 0 Å². The van der Waals surface area contributed by atoms with Gasteiger partial charge in [0, 0.05) is 22.8 Å². The molecule has 1 heterocycles. The van der Waals surface area contributed by atoms with Gasteiger partial charge in [0.25, 0.3) is 0 Å². The van der Waals surface area contributed by atoms with Gasteiger partial charge in [0.2, 0.25) is 0 Å². The van der Waals surface area contributed by atoms with Gasteiger partial charge in [-0.25, -0.2) is 0 Å². The van der Waals surface area contributed by atoms with Crippen LogP contribution in [-0.4, -0.2) is 31.1 Å². The number of ether oxygens (including phenoxy) is 1. The van der Waals surface area contributed by atoms with E-state index in [1.165, 1.54) is 22.4 Å². The minimum absolute atomic E-state index is 0.530. The van der Waals surface area contributed by atoms with E-state index in [0.717, 1.165) is 26.2 Å². The Morgan fingerprint density at radius 2 is 2.16 bits per heavy atom. The number of rotatable bonds is 5. The fraction of sp³-hybridized carbons (Fsp3) is 0.625. The molecule has 19 heavy (non-hydrogen) atoms. The monoisotopic (exact) mass is 279 g/mol. The lowest BCUT2D eigenvalue weighted by molar-refractivity contribution is 0.0833. The summed E-state index contributed by atoms with van der Waals surface area (Å²) in [4.78, 5) is 1.36. The van der Waals surface area contributed by atoms with E-state index < -0.39 is 0 Å². The van der Waals surface area contributed by atoms with E-state index in [-0.39, 0.29) is 0 Å². The van der Waals surface area contributed by atoms with Crippen molar-refractivity contribution in [3.63, 3.8) is 0 Å². The van der Waals surface area contributed by atoms with E-state index in [0.29, 0.717) is 11.3 Å². The van der Waals surface area contributed by atoms with Crippen molar-refractivity contribution in [1.29, 1.82) is 0 Å². The standard InChI is InChI=1S/C16H25NOS/c1-4-8-17-15-7-9-18-11-16(15)19-14-6-5-12(2)13(3)10-14/h5-6,10,15-17H,4,7-9,11H2,1-3H3. The Morgan fingerprint density at radius 3 is 2.89 bits per heavy atom. The molecule has 0 aliphatic carbocycles. The Hall–Kier alpha value is -0.510. The minimum atomic E-state index is 0.530. The van der Waals surface area contributed by atoms with Crippen LogP contribution in [-0.2, 0) is 4.74 Å². The third kappa shape index (κ3) is 4.23. The summed E-state index contributed by atoms with van der Waals surface area (Å²) >= 11 is 1.96. The SMILES string of the molecule is CCCNC1CCOCC1Sc1ccc(C)c(C)c1. The molecular weight excluding hydrogens is 254 g/mol. The normalized spacial score (nSPS) is 23.5. The average molecular weight is 279 g/mol. The number of benzene rings is 1. The van der Waals surface area contributed by atoms with Crippen molar-refractivity contribution in [1.82, 2.24) is 5.32 Å². The van der Waals surface area contributed by atoms with Gasteiger partial charge in [-0.05, 0) is 56.5 Å². The molecule has 0 aromatic heterocycles. The summed E-state index contributed by atoms with van der Waals surface area (Å²) in [6.45, 7) is 9.43. The molecule has 0 spiro atoms. The van der Waals surface area contributed by atoms with Crippen LogP contribution in [0.2, 0.25) is 0 Å². The first-order valence-corrected chi connectivity index (χ1v) is 8.13. The molecule has 0 radical (unpaired) electrons. The zero-order chi connectivity index (χ0) is 13.7. The molecule has 1 aliphatic rings. The van der Waals surface area contributed by atoms with E-state index in [1.807, 2.05) is 11.8 Å². The molecule has 1 N–H and O–H groups in total. The Kier molecular flexibility index (Phi) is 5.74. The third-order valence-corrected chi connectivity index (χ3v) is 5.02. The largest absolute Gasteiger partial charge is 0.380 e. The molecule has 2 rings (SSSR count). The summed E-state index contributed by atoms with van der Waals surface area (Å²) in [5.74, 6) is 0. The summed E-state index contributed by atoms with van der Waals surface area (Å²) < 4.78 is 5.66. The predicted octanol–water partition coefficient (Wildman–Crippen LogP) is 3.55. The summed E-state index contributed by atoms with van der Waals surface area (Å²) in [6.07, 6.45) is 2.32. The number of hydrogen-bond acceptors (Lipinski definition) is 3. The molecule has 1 saturated heterocycles. The summed E-state index contributed by atoms with van der Waals surface area (Å²) in [6, 6.07) is 7.33. The molecule has 0 amide bonds. The first-order valence-electron chi connectivity index (χ1n) is 7.25. The molecule has 2 nitrogen and oxygen atoms in total. The number of aryl methyl sites for hydroxylation is 2. The van der Waals surface area contributed by atoms with Crippen LogP contribution in [0.25, 0.3) is 0 Å². The maximum atomic E-state index is 5.66. The Labute approximate surface area is 121 Å². The predicted molar refractivity (Wildman–Crippen MR) is 83.1 cm³/mol. The van der Waals surface area contributed by atoms with Crippen molar-refractivity contribution in [2.45, 2.75) is 49.8 Å². The van der Waals surface area contributed by atoms with E-state index >= 15 is 0 Å². The van der Waals surface area contributed by atoms with Crippen LogP contribution in [0.15, 0.2) is 23.1 Å². The van der Waals surface area contributed by atoms with Crippen LogP contribution in [0.1, 0.15) is 30.9 Å². The van der Waals surface area contributed by atoms with Crippen molar-refractivity contribution in [2.75, 3.05) is 19.8 Å². The van der Waals surface area contributed by atoms with Crippen LogP contribution in [0, 0.1) is 13.8 Å². The third-order valence-electron chi connectivity index (χ3n) is 3.73. The van der Waals surface area contributed by atoms with E-state index in [1.54, 1.807) is 0 Å². The zero-order valence-electron chi connectivity index (χ0n) is 12.2. The highest BCUT2D eigenvalue weighted by molar-refractivity contribution is 8.00. The summed E-state index contributed by atoms with van der Waals surface area (Å²) in [5, 5.41) is 4.20. The highest BCUT2D eigenvalue weighted by atomic mass is 32.2. The molecule has 3 heteroatoms. The Morgan fingerprint density at radius 1 is 1.32 bits per heavy atom. The lowest BCUT2D eigenvalue weighted by atomic mass is 10.1. The van der Waals surface area contributed by atoms with Gasteiger partial charge in [0.05, 0.1) is 6.61 Å². The van der Waals surface area contributed by atoms with Gasteiger partial charge >= 0.3 is 0 Å². The van der Waals surface area contributed by atoms with Crippen molar-refractivity contribution in [3.8, 4) is 0 Å². The smallest absolute Gasteiger partial charge is 0.0603 e. The van der Waals surface area contributed by atoms with Gasteiger partial charge in [-0.15, -0.1) is 11.8 Å². The van der Waals surface area contributed by atoms with E-state index in [4.69, 9.17) is 4.74 Å². The van der Waals surface area contributed by atoms with Crippen LogP contribution >= 0.6 is 11.8 Å². The van der Waals surface area contributed by atoms with E-state index in [9.17, 15) is 0 Å². The average Bonchev–Trinajstić information content (AvgIpc) is 2.42. The maximum absolute atomic E-state index is 5.66. The number of nitrogens with one attached hydrogen (secondary N) is 1. The van der Waals surface area contributed by atoms with Gasteiger partial charge in [-0.3, -0.25) is 0 Å². The second-order valence-corrected chi connectivity index (χ2v) is 6.64. The van der Waals surface area contributed by atoms with Gasteiger partial charge in [-0.1, -0.05) is 13.0 Å². The van der Waals surface area contributed by atoms with Crippen LogP contribution in [0.4, 0.5) is 0 Å². The van der Waals surface area contributed by atoms with Crippen molar-refractivity contribution in [3.05, 3.63) is 29.3 Å². The fourth-order valence-corrected chi connectivity index (χ4v) is 3.66. The van der Waals surface area contributed by atoms with Gasteiger partial charge in [-0.2, -0.15) is 0 Å². The maximum Gasteiger partial charge on any atom is 0.0603 e. The van der Waals surface area contributed by atoms with Crippen molar-refractivity contribution >= 4 is 11.8 Å². The lowest BCUT2D eigenvalue weighted by Gasteiger charge is -2.32. The molecule has 1 fully saturated rings. The molecule has 0 saturated carbocycles. The molecular formula is C16H25NOS. The zero-order valence-corrected chi connectivity index (χ0v) is 13.1. The number of thioether (sulfide) groups is 1. The molecule has 1 aromatic carbocycles. The van der Waals surface area contributed by atoms with Gasteiger partial charge in [0.15, 0.2) is 0 Å². The Bertz CT molecular complexity index is 408. The first-order chi connectivity index (χ1) is 9.20. The highest BCUT2D eigenvalue weighted by Crippen LogP contribution is 2.30. The lowest BCUT2D eigenvalue weighted by Crippen LogP contribution is -2.45. The second-order valence-electron chi connectivity index (χ2n) is 5.33. The van der Waals surface area contributed by atoms with Crippen LogP contribution in [0.5, 0.6) is 0 Å². The number of hydrogen-bond donors (Lipinski definition) is 1. The molecule has 2 unspecified atom stereocenters.